The molecule has 0 spiro atoms. The van der Waals surface area contributed by atoms with E-state index in [1.807, 2.05) is 0 Å². The van der Waals surface area contributed by atoms with Crippen molar-refractivity contribution in [3.63, 3.8) is 0 Å². The summed E-state index contributed by atoms with van der Waals surface area (Å²) < 4.78 is 0. The van der Waals surface area contributed by atoms with Gasteiger partial charge in [-0.05, 0) is 19.9 Å². The number of nitrogens with one attached hydrogen (secondary N) is 1. The summed E-state index contributed by atoms with van der Waals surface area (Å²) in [5.41, 5.74) is 5.70. The highest BCUT2D eigenvalue weighted by Gasteiger charge is 2.16. The number of likely N-dealkylation sites (N-methyl/N-ethyl adjacent to an activating group) is 1. The Kier molecular flexibility index (Phi) is 3.82. The van der Waals surface area contributed by atoms with Crippen LogP contribution in [-0.2, 0) is 0 Å². The topological polar surface area (TPSA) is 38.0 Å². The molecule has 9 heavy (non-hydrogen) atoms. The summed E-state index contributed by atoms with van der Waals surface area (Å²) in [6.45, 7) is 8.12. The van der Waals surface area contributed by atoms with Gasteiger partial charge in [0, 0.05) is 12.1 Å². The van der Waals surface area contributed by atoms with Gasteiger partial charge in [0.2, 0.25) is 0 Å². The fraction of sp³-hybridized carbons (Fsp3) is 1.00. The van der Waals surface area contributed by atoms with Gasteiger partial charge in [-0.15, -0.1) is 0 Å². The lowest BCUT2D eigenvalue weighted by atomic mass is 10.00. The van der Waals surface area contributed by atoms with Crippen LogP contribution in [-0.4, -0.2) is 18.6 Å². The molecule has 0 aliphatic rings. The molecule has 0 saturated carbocycles. The van der Waals surface area contributed by atoms with Crippen molar-refractivity contribution in [3.8, 4) is 0 Å². The smallest absolute Gasteiger partial charge is 0.0272 e. The first-order chi connectivity index (χ1) is 4.18. The molecule has 0 aliphatic heterocycles. The minimum Gasteiger partial charge on any atom is -0.329 e. The Balaban J connectivity index is 3.62. The number of hydrogen-bond donors (Lipinski definition) is 2. The Labute approximate surface area is 57.8 Å². The van der Waals surface area contributed by atoms with E-state index >= 15 is 0 Å². The van der Waals surface area contributed by atoms with E-state index in [1.165, 1.54) is 0 Å². The van der Waals surface area contributed by atoms with Gasteiger partial charge in [0.25, 0.3) is 0 Å². The molecule has 1 atom stereocenters. The largest absolute Gasteiger partial charge is 0.329 e. The molecule has 2 nitrogen and oxygen atoms in total. The first kappa shape index (κ1) is 8.92. The van der Waals surface area contributed by atoms with Crippen molar-refractivity contribution >= 4 is 0 Å². The molecular weight excluding hydrogens is 112 g/mol. The summed E-state index contributed by atoms with van der Waals surface area (Å²) in [5.74, 6) is 0. The predicted molar refractivity (Wildman–Crippen MR) is 41.4 cm³/mol. The van der Waals surface area contributed by atoms with Crippen molar-refractivity contribution in [2.24, 2.45) is 5.73 Å². The molecule has 3 N–H and O–H groups in total. The number of hydrogen-bond acceptors (Lipinski definition) is 2. The Bertz CT molecular complexity index is 67.3. The zero-order chi connectivity index (χ0) is 7.33. The zero-order valence-electron chi connectivity index (χ0n) is 6.70. The molecule has 0 fully saturated rings. The van der Waals surface area contributed by atoms with Gasteiger partial charge in [-0.1, -0.05) is 13.8 Å². The van der Waals surface area contributed by atoms with Gasteiger partial charge in [0.15, 0.2) is 0 Å². The van der Waals surface area contributed by atoms with Gasteiger partial charge in [-0.2, -0.15) is 0 Å². The summed E-state index contributed by atoms with van der Waals surface area (Å²) in [4.78, 5) is 0. The summed E-state index contributed by atoms with van der Waals surface area (Å²) >= 11 is 0. The molecule has 0 radical (unpaired) electrons. The SMILES string of the molecule is CCNC(C)(CC)CN. The van der Waals surface area contributed by atoms with Crippen LogP contribution in [0.5, 0.6) is 0 Å². The normalized spacial score (nSPS) is 17.3. The van der Waals surface area contributed by atoms with E-state index in [0.717, 1.165) is 19.5 Å². The maximum Gasteiger partial charge on any atom is 0.0272 e. The highest BCUT2D eigenvalue weighted by molar-refractivity contribution is 4.81. The molecule has 0 aromatic heterocycles. The van der Waals surface area contributed by atoms with Crippen molar-refractivity contribution in [2.45, 2.75) is 32.7 Å². The molecule has 0 bridgehead atoms. The van der Waals surface area contributed by atoms with Crippen molar-refractivity contribution in [1.29, 1.82) is 0 Å². The molecule has 1 unspecified atom stereocenters. The van der Waals surface area contributed by atoms with Crippen LogP contribution in [0.25, 0.3) is 0 Å². The first-order valence-electron chi connectivity index (χ1n) is 3.63. The fourth-order valence-electron chi connectivity index (χ4n) is 0.768. The second kappa shape index (κ2) is 3.85. The van der Waals surface area contributed by atoms with Gasteiger partial charge in [0.05, 0.1) is 0 Å². The van der Waals surface area contributed by atoms with Crippen LogP contribution in [0.2, 0.25) is 0 Å². The van der Waals surface area contributed by atoms with Crippen molar-refractivity contribution in [1.82, 2.24) is 5.32 Å². The Morgan fingerprint density at radius 2 is 2.00 bits per heavy atom. The van der Waals surface area contributed by atoms with E-state index in [2.05, 4.69) is 26.1 Å². The Morgan fingerprint density at radius 1 is 1.44 bits per heavy atom. The van der Waals surface area contributed by atoms with E-state index < -0.39 is 0 Å². The van der Waals surface area contributed by atoms with E-state index in [-0.39, 0.29) is 5.54 Å². The van der Waals surface area contributed by atoms with Crippen LogP contribution < -0.4 is 11.1 Å². The number of nitrogens with two attached hydrogens (primary N) is 1. The van der Waals surface area contributed by atoms with E-state index in [1.54, 1.807) is 0 Å². The van der Waals surface area contributed by atoms with Crippen LogP contribution in [0.1, 0.15) is 27.2 Å². The van der Waals surface area contributed by atoms with Crippen LogP contribution in [0.3, 0.4) is 0 Å². The Hall–Kier alpha value is -0.0800. The predicted octanol–water partition coefficient (Wildman–Crippen LogP) is 0.723. The van der Waals surface area contributed by atoms with Gasteiger partial charge in [0.1, 0.15) is 0 Å². The van der Waals surface area contributed by atoms with Gasteiger partial charge in [-0.3, -0.25) is 0 Å². The maximum absolute atomic E-state index is 5.54. The van der Waals surface area contributed by atoms with Crippen LogP contribution in [0.4, 0.5) is 0 Å². The maximum atomic E-state index is 5.54. The quantitative estimate of drug-likeness (QED) is 0.588. The minimum absolute atomic E-state index is 0.161. The summed E-state index contributed by atoms with van der Waals surface area (Å²) in [6.07, 6.45) is 1.09. The molecule has 2 heteroatoms. The molecule has 0 amide bonds. The third-order valence-electron chi connectivity index (χ3n) is 1.83. The summed E-state index contributed by atoms with van der Waals surface area (Å²) in [5, 5.41) is 3.33. The van der Waals surface area contributed by atoms with Crippen molar-refractivity contribution < 1.29 is 0 Å². The highest BCUT2D eigenvalue weighted by atomic mass is 15.0. The average molecular weight is 130 g/mol. The summed E-state index contributed by atoms with van der Waals surface area (Å²) in [7, 11) is 0. The molecular formula is C7H18N2. The molecule has 56 valence electrons. The van der Waals surface area contributed by atoms with Gasteiger partial charge < -0.3 is 11.1 Å². The number of rotatable bonds is 4. The molecule has 0 heterocycles. The van der Waals surface area contributed by atoms with E-state index in [9.17, 15) is 0 Å². The molecule has 0 aromatic carbocycles. The van der Waals surface area contributed by atoms with Crippen LogP contribution >= 0.6 is 0 Å². The Morgan fingerprint density at radius 3 is 2.11 bits per heavy atom. The standard InChI is InChI=1S/C7H18N2/c1-4-7(3,6-8)9-5-2/h9H,4-6,8H2,1-3H3. The second-order valence-corrected chi connectivity index (χ2v) is 2.65. The highest BCUT2D eigenvalue weighted by Crippen LogP contribution is 2.04. The third-order valence-corrected chi connectivity index (χ3v) is 1.83. The average Bonchev–Trinajstić information content (AvgIpc) is 1.89. The zero-order valence-corrected chi connectivity index (χ0v) is 6.70. The van der Waals surface area contributed by atoms with Gasteiger partial charge >= 0.3 is 0 Å². The molecule has 0 rings (SSSR count). The molecule has 0 saturated heterocycles. The third kappa shape index (κ3) is 2.82. The van der Waals surface area contributed by atoms with Crippen molar-refractivity contribution in [3.05, 3.63) is 0 Å². The van der Waals surface area contributed by atoms with Gasteiger partial charge in [-0.25, -0.2) is 0 Å². The summed E-state index contributed by atoms with van der Waals surface area (Å²) in [6, 6.07) is 0. The first-order valence-corrected chi connectivity index (χ1v) is 3.63. The van der Waals surface area contributed by atoms with E-state index in [4.69, 9.17) is 5.73 Å². The minimum atomic E-state index is 0.161. The van der Waals surface area contributed by atoms with E-state index in [0.29, 0.717) is 0 Å². The fourth-order valence-corrected chi connectivity index (χ4v) is 0.768. The van der Waals surface area contributed by atoms with Crippen LogP contribution in [0.15, 0.2) is 0 Å². The van der Waals surface area contributed by atoms with Crippen molar-refractivity contribution in [2.75, 3.05) is 13.1 Å². The second-order valence-electron chi connectivity index (χ2n) is 2.65. The lowest BCUT2D eigenvalue weighted by Crippen LogP contribution is -2.47. The monoisotopic (exact) mass is 130 g/mol. The lowest BCUT2D eigenvalue weighted by Gasteiger charge is -2.27. The molecule has 0 aliphatic carbocycles. The molecule has 0 aromatic rings. The lowest BCUT2D eigenvalue weighted by molar-refractivity contribution is 0.361. The van der Waals surface area contributed by atoms with Crippen LogP contribution in [0, 0.1) is 0 Å².